The first-order chi connectivity index (χ1) is 11.2. The number of amides is 3. The number of nitrogens with one attached hydrogen (secondary N) is 2. The molecule has 0 spiro atoms. The number of benzene rings is 1. The zero-order valence-electron chi connectivity index (χ0n) is 14.1. The highest BCUT2D eigenvalue weighted by Gasteiger charge is 2.25. The predicted octanol–water partition coefficient (Wildman–Crippen LogP) is 0.889. The van der Waals surface area contributed by atoms with Gasteiger partial charge in [-0.1, -0.05) is 26.0 Å². The highest BCUT2D eigenvalue weighted by Crippen LogP contribution is 2.08. The highest BCUT2D eigenvalue weighted by molar-refractivity contribution is 5.91. The second kappa shape index (κ2) is 9.00. The maximum atomic E-state index is 12.9. The van der Waals surface area contributed by atoms with Crippen molar-refractivity contribution in [2.75, 3.05) is 0 Å². The maximum Gasteiger partial charge on any atom is 0.243 e. The van der Waals surface area contributed by atoms with Gasteiger partial charge >= 0.3 is 0 Å². The molecular formula is C17H24FN3O3. The molecule has 0 fully saturated rings. The van der Waals surface area contributed by atoms with Gasteiger partial charge in [-0.2, -0.15) is 0 Å². The third-order valence-electron chi connectivity index (χ3n) is 3.41. The lowest BCUT2D eigenvalue weighted by Gasteiger charge is -2.22. The molecular weight excluding hydrogens is 313 g/mol. The molecule has 132 valence electrons. The van der Waals surface area contributed by atoms with Crippen LogP contribution in [0.4, 0.5) is 4.39 Å². The SMILES string of the molecule is CC(=O)N[C@@H](CC(C)C)C(=O)N[C@@H](Cc1ccc(F)cc1)C(N)=O. The van der Waals surface area contributed by atoms with Crippen LogP contribution in [0.5, 0.6) is 0 Å². The first kappa shape index (κ1) is 19.6. The molecule has 1 aromatic rings. The second-order valence-corrected chi connectivity index (χ2v) is 6.18. The van der Waals surface area contributed by atoms with E-state index < -0.39 is 23.9 Å². The number of halogens is 1. The van der Waals surface area contributed by atoms with E-state index in [1.165, 1.54) is 31.2 Å². The van der Waals surface area contributed by atoms with Gasteiger partial charge in [-0.05, 0) is 30.0 Å². The smallest absolute Gasteiger partial charge is 0.243 e. The van der Waals surface area contributed by atoms with Crippen LogP contribution in [-0.4, -0.2) is 29.8 Å². The van der Waals surface area contributed by atoms with E-state index in [1.807, 2.05) is 13.8 Å². The third kappa shape index (κ3) is 6.76. The molecule has 24 heavy (non-hydrogen) atoms. The summed E-state index contributed by atoms with van der Waals surface area (Å²) in [6, 6.07) is 3.92. The van der Waals surface area contributed by atoms with E-state index >= 15 is 0 Å². The van der Waals surface area contributed by atoms with Gasteiger partial charge in [0.05, 0.1) is 0 Å². The molecule has 0 aliphatic carbocycles. The van der Waals surface area contributed by atoms with Crippen LogP contribution in [0.3, 0.4) is 0 Å². The Balaban J connectivity index is 2.80. The van der Waals surface area contributed by atoms with Crippen molar-refractivity contribution < 1.29 is 18.8 Å². The van der Waals surface area contributed by atoms with Gasteiger partial charge in [-0.25, -0.2) is 4.39 Å². The van der Waals surface area contributed by atoms with E-state index in [-0.39, 0.29) is 24.1 Å². The lowest BCUT2D eigenvalue weighted by molar-refractivity contribution is -0.131. The largest absolute Gasteiger partial charge is 0.368 e. The highest BCUT2D eigenvalue weighted by atomic mass is 19.1. The first-order valence-corrected chi connectivity index (χ1v) is 7.80. The summed E-state index contributed by atoms with van der Waals surface area (Å²) in [5.74, 6) is -1.70. The normalized spacial score (nSPS) is 13.2. The molecule has 3 amide bonds. The lowest BCUT2D eigenvalue weighted by atomic mass is 10.0. The quantitative estimate of drug-likeness (QED) is 0.656. The zero-order chi connectivity index (χ0) is 18.3. The fraction of sp³-hybridized carbons (Fsp3) is 0.471. The minimum absolute atomic E-state index is 0.149. The molecule has 1 rings (SSSR count). The summed E-state index contributed by atoms with van der Waals surface area (Å²) in [4.78, 5) is 35.3. The summed E-state index contributed by atoms with van der Waals surface area (Å²) in [5, 5.41) is 5.14. The molecule has 7 heteroatoms. The van der Waals surface area contributed by atoms with Crippen LogP contribution >= 0.6 is 0 Å². The molecule has 0 radical (unpaired) electrons. The number of rotatable bonds is 8. The minimum Gasteiger partial charge on any atom is -0.368 e. The molecule has 0 unspecified atom stereocenters. The molecule has 0 heterocycles. The fourth-order valence-electron chi connectivity index (χ4n) is 2.30. The van der Waals surface area contributed by atoms with E-state index in [1.54, 1.807) is 0 Å². The summed E-state index contributed by atoms with van der Waals surface area (Å²) in [6.07, 6.45) is 0.587. The number of nitrogens with two attached hydrogens (primary N) is 1. The topological polar surface area (TPSA) is 101 Å². The Morgan fingerprint density at radius 2 is 1.67 bits per heavy atom. The van der Waals surface area contributed by atoms with E-state index in [2.05, 4.69) is 10.6 Å². The molecule has 4 N–H and O–H groups in total. The molecule has 2 atom stereocenters. The van der Waals surface area contributed by atoms with Crippen molar-refractivity contribution in [3.63, 3.8) is 0 Å². The van der Waals surface area contributed by atoms with Crippen molar-refractivity contribution in [2.45, 2.75) is 45.7 Å². The molecule has 0 aliphatic rings. The third-order valence-corrected chi connectivity index (χ3v) is 3.41. The summed E-state index contributed by atoms with van der Waals surface area (Å²) in [6.45, 7) is 5.17. The number of hydrogen-bond acceptors (Lipinski definition) is 3. The molecule has 0 saturated heterocycles. The Bertz CT molecular complexity index is 587. The molecule has 0 aliphatic heterocycles. The Labute approximate surface area is 141 Å². The van der Waals surface area contributed by atoms with Gasteiger partial charge in [0.1, 0.15) is 17.9 Å². The van der Waals surface area contributed by atoms with Crippen molar-refractivity contribution in [3.05, 3.63) is 35.6 Å². The summed E-state index contributed by atoms with van der Waals surface area (Å²) < 4.78 is 12.9. The Morgan fingerprint density at radius 1 is 1.08 bits per heavy atom. The minimum atomic E-state index is -0.939. The average Bonchev–Trinajstić information content (AvgIpc) is 2.46. The number of carbonyl (C=O) groups excluding carboxylic acids is 3. The Morgan fingerprint density at radius 3 is 2.12 bits per heavy atom. The van der Waals surface area contributed by atoms with Crippen molar-refractivity contribution in [1.29, 1.82) is 0 Å². The van der Waals surface area contributed by atoms with Crippen LogP contribution in [-0.2, 0) is 20.8 Å². The monoisotopic (exact) mass is 337 g/mol. The van der Waals surface area contributed by atoms with E-state index in [4.69, 9.17) is 5.73 Å². The van der Waals surface area contributed by atoms with Gasteiger partial charge < -0.3 is 16.4 Å². The lowest BCUT2D eigenvalue weighted by Crippen LogP contribution is -2.53. The Kier molecular flexibility index (Phi) is 7.35. The summed E-state index contributed by atoms with van der Waals surface area (Å²) in [5.41, 5.74) is 6.02. The molecule has 6 nitrogen and oxygen atoms in total. The number of hydrogen-bond donors (Lipinski definition) is 3. The van der Waals surface area contributed by atoms with Crippen LogP contribution < -0.4 is 16.4 Å². The molecule has 0 aromatic heterocycles. The summed E-state index contributed by atoms with van der Waals surface area (Å²) in [7, 11) is 0. The van der Waals surface area contributed by atoms with Crippen LogP contribution in [0.25, 0.3) is 0 Å². The maximum absolute atomic E-state index is 12.9. The molecule has 1 aromatic carbocycles. The standard InChI is InChI=1S/C17H24FN3O3/c1-10(2)8-15(20-11(3)22)17(24)21-14(16(19)23)9-12-4-6-13(18)7-5-12/h4-7,10,14-15H,8-9H2,1-3H3,(H2,19,23)(H,20,22)(H,21,24)/t14-,15-/m0/s1. The molecule has 0 saturated carbocycles. The average molecular weight is 337 g/mol. The zero-order valence-corrected chi connectivity index (χ0v) is 14.1. The molecule has 0 bridgehead atoms. The van der Waals surface area contributed by atoms with Crippen molar-refractivity contribution >= 4 is 17.7 Å². The van der Waals surface area contributed by atoms with E-state index in [0.29, 0.717) is 12.0 Å². The van der Waals surface area contributed by atoms with Crippen LogP contribution in [0.2, 0.25) is 0 Å². The van der Waals surface area contributed by atoms with Gasteiger partial charge in [0.25, 0.3) is 0 Å². The van der Waals surface area contributed by atoms with E-state index in [9.17, 15) is 18.8 Å². The van der Waals surface area contributed by atoms with Gasteiger partial charge in [-0.3, -0.25) is 14.4 Å². The van der Waals surface area contributed by atoms with Gasteiger partial charge in [0, 0.05) is 13.3 Å². The number of carbonyl (C=O) groups is 3. The Hall–Kier alpha value is -2.44. The predicted molar refractivity (Wildman–Crippen MR) is 88.3 cm³/mol. The van der Waals surface area contributed by atoms with Gasteiger partial charge in [-0.15, -0.1) is 0 Å². The van der Waals surface area contributed by atoms with E-state index in [0.717, 1.165) is 0 Å². The van der Waals surface area contributed by atoms with Gasteiger partial charge in [0.15, 0.2) is 0 Å². The van der Waals surface area contributed by atoms with Crippen molar-refractivity contribution in [2.24, 2.45) is 11.7 Å². The van der Waals surface area contributed by atoms with Crippen LogP contribution in [0.15, 0.2) is 24.3 Å². The second-order valence-electron chi connectivity index (χ2n) is 6.18. The fourth-order valence-corrected chi connectivity index (χ4v) is 2.30. The van der Waals surface area contributed by atoms with Crippen molar-refractivity contribution in [1.82, 2.24) is 10.6 Å². The van der Waals surface area contributed by atoms with Crippen molar-refractivity contribution in [3.8, 4) is 0 Å². The van der Waals surface area contributed by atoms with Crippen LogP contribution in [0, 0.1) is 11.7 Å². The number of primary amides is 1. The van der Waals surface area contributed by atoms with Crippen LogP contribution in [0.1, 0.15) is 32.8 Å². The summed E-state index contributed by atoms with van der Waals surface area (Å²) >= 11 is 0. The first-order valence-electron chi connectivity index (χ1n) is 7.80. The van der Waals surface area contributed by atoms with Gasteiger partial charge in [0.2, 0.25) is 17.7 Å².